The van der Waals surface area contributed by atoms with Crippen LogP contribution in [0.15, 0.2) is 48.5 Å². The Labute approximate surface area is 178 Å². The van der Waals surface area contributed by atoms with E-state index in [1.807, 2.05) is 19.1 Å². The number of hydrogen-bond donors (Lipinski definition) is 3. The second-order valence-corrected chi connectivity index (χ2v) is 7.98. The van der Waals surface area contributed by atoms with E-state index in [0.29, 0.717) is 34.6 Å². The fourth-order valence-electron chi connectivity index (χ4n) is 3.86. The minimum absolute atomic E-state index is 0.0704. The molecule has 30 heavy (non-hydrogen) atoms. The maximum Gasteiger partial charge on any atom is 0.255 e. The lowest BCUT2D eigenvalue weighted by atomic mass is 9.85. The lowest BCUT2D eigenvalue weighted by Gasteiger charge is -2.31. The zero-order valence-electron chi connectivity index (χ0n) is 17.9. The van der Waals surface area contributed by atoms with Crippen LogP contribution in [0.1, 0.15) is 49.9 Å². The maximum absolute atomic E-state index is 12.6. The van der Waals surface area contributed by atoms with Gasteiger partial charge in [-0.2, -0.15) is 0 Å². The van der Waals surface area contributed by atoms with Crippen molar-refractivity contribution in [2.75, 3.05) is 17.7 Å². The molecule has 0 aliphatic heterocycles. The van der Waals surface area contributed by atoms with Gasteiger partial charge in [0.15, 0.2) is 0 Å². The SMILES string of the molecule is COc1ccccc1NC(=O)c1ccc(NC(=O)C(C)NC2CCCCC2C)cc1. The first kappa shape index (κ1) is 21.8. The van der Waals surface area contributed by atoms with E-state index in [1.54, 1.807) is 43.5 Å². The number of carbonyl (C=O) groups is 2. The quantitative estimate of drug-likeness (QED) is 0.632. The summed E-state index contributed by atoms with van der Waals surface area (Å²) in [6.07, 6.45) is 4.82. The molecule has 2 aromatic rings. The molecule has 1 aliphatic carbocycles. The Bertz CT molecular complexity index is 866. The Morgan fingerprint density at radius 1 is 1.00 bits per heavy atom. The lowest BCUT2D eigenvalue weighted by Crippen LogP contribution is -2.47. The van der Waals surface area contributed by atoms with Gasteiger partial charge in [0, 0.05) is 17.3 Å². The van der Waals surface area contributed by atoms with Crippen molar-refractivity contribution in [3.05, 3.63) is 54.1 Å². The number of para-hydroxylation sites is 2. The molecule has 0 saturated heterocycles. The molecule has 2 amide bonds. The van der Waals surface area contributed by atoms with Crippen LogP contribution in [0.3, 0.4) is 0 Å². The molecular formula is C24H31N3O3. The third kappa shape index (κ3) is 5.60. The van der Waals surface area contributed by atoms with Crippen molar-refractivity contribution in [1.82, 2.24) is 5.32 Å². The third-order valence-corrected chi connectivity index (χ3v) is 5.74. The summed E-state index contributed by atoms with van der Waals surface area (Å²) in [5.74, 6) is 0.885. The highest BCUT2D eigenvalue weighted by molar-refractivity contribution is 6.05. The van der Waals surface area contributed by atoms with Gasteiger partial charge >= 0.3 is 0 Å². The highest BCUT2D eigenvalue weighted by atomic mass is 16.5. The van der Waals surface area contributed by atoms with Gasteiger partial charge in [-0.1, -0.05) is 31.9 Å². The van der Waals surface area contributed by atoms with Gasteiger partial charge in [-0.15, -0.1) is 0 Å². The van der Waals surface area contributed by atoms with Crippen LogP contribution in [0.5, 0.6) is 5.75 Å². The summed E-state index contributed by atoms with van der Waals surface area (Å²) in [6, 6.07) is 14.2. The molecule has 0 heterocycles. The average Bonchev–Trinajstić information content (AvgIpc) is 2.76. The standard InChI is InChI=1S/C24H31N3O3/c1-16-8-4-5-9-20(16)25-17(2)23(28)26-19-14-12-18(13-15-19)24(29)27-21-10-6-7-11-22(21)30-3/h6-7,10-17,20,25H,4-5,8-9H2,1-3H3,(H,26,28)(H,27,29). The predicted octanol–water partition coefficient (Wildman–Crippen LogP) is 4.44. The Morgan fingerprint density at radius 2 is 1.70 bits per heavy atom. The van der Waals surface area contributed by atoms with Crippen molar-refractivity contribution >= 4 is 23.2 Å². The van der Waals surface area contributed by atoms with E-state index in [2.05, 4.69) is 22.9 Å². The highest BCUT2D eigenvalue weighted by Crippen LogP contribution is 2.25. The molecule has 0 aromatic heterocycles. The van der Waals surface area contributed by atoms with Crippen LogP contribution in [0.25, 0.3) is 0 Å². The number of anilines is 2. The first-order chi connectivity index (χ1) is 14.5. The minimum atomic E-state index is -0.274. The average molecular weight is 410 g/mol. The molecular weight excluding hydrogens is 378 g/mol. The van der Waals surface area contributed by atoms with E-state index in [1.165, 1.54) is 19.3 Å². The van der Waals surface area contributed by atoms with Gasteiger partial charge < -0.3 is 20.7 Å². The van der Waals surface area contributed by atoms with Gasteiger partial charge in [0.25, 0.3) is 5.91 Å². The van der Waals surface area contributed by atoms with Gasteiger partial charge in [-0.25, -0.2) is 0 Å². The van der Waals surface area contributed by atoms with Gasteiger partial charge in [-0.05, 0) is 62.1 Å². The monoisotopic (exact) mass is 409 g/mol. The van der Waals surface area contributed by atoms with Crippen LogP contribution in [0.4, 0.5) is 11.4 Å². The number of carbonyl (C=O) groups excluding carboxylic acids is 2. The van der Waals surface area contributed by atoms with Crippen LogP contribution in [-0.4, -0.2) is 31.0 Å². The number of benzene rings is 2. The first-order valence-electron chi connectivity index (χ1n) is 10.6. The molecule has 1 saturated carbocycles. The zero-order chi connectivity index (χ0) is 21.5. The smallest absolute Gasteiger partial charge is 0.255 e. The minimum Gasteiger partial charge on any atom is -0.495 e. The molecule has 0 spiro atoms. The van der Waals surface area contributed by atoms with Crippen LogP contribution in [0.2, 0.25) is 0 Å². The normalized spacial score (nSPS) is 19.6. The van der Waals surface area contributed by atoms with E-state index in [0.717, 1.165) is 6.42 Å². The Morgan fingerprint density at radius 3 is 2.40 bits per heavy atom. The summed E-state index contributed by atoms with van der Waals surface area (Å²) in [4.78, 5) is 25.1. The Balaban J connectivity index is 1.55. The molecule has 3 unspecified atom stereocenters. The molecule has 1 aliphatic rings. The molecule has 1 fully saturated rings. The van der Waals surface area contributed by atoms with E-state index in [9.17, 15) is 9.59 Å². The van der Waals surface area contributed by atoms with Crippen LogP contribution >= 0.6 is 0 Å². The van der Waals surface area contributed by atoms with Crippen molar-refractivity contribution in [3.8, 4) is 5.75 Å². The summed E-state index contributed by atoms with van der Waals surface area (Å²) in [6.45, 7) is 4.14. The lowest BCUT2D eigenvalue weighted by molar-refractivity contribution is -0.118. The van der Waals surface area contributed by atoms with Crippen LogP contribution in [-0.2, 0) is 4.79 Å². The molecule has 160 valence electrons. The summed E-state index contributed by atoms with van der Waals surface area (Å²) in [5, 5.41) is 9.24. The highest BCUT2D eigenvalue weighted by Gasteiger charge is 2.24. The number of amides is 2. The Kier molecular flexibility index (Phi) is 7.46. The number of hydrogen-bond acceptors (Lipinski definition) is 4. The molecule has 6 nitrogen and oxygen atoms in total. The van der Waals surface area contributed by atoms with Crippen molar-refractivity contribution in [2.24, 2.45) is 5.92 Å². The summed E-state index contributed by atoms with van der Waals surface area (Å²) >= 11 is 0. The maximum atomic E-state index is 12.6. The van der Waals surface area contributed by atoms with E-state index >= 15 is 0 Å². The van der Waals surface area contributed by atoms with Crippen molar-refractivity contribution < 1.29 is 14.3 Å². The topological polar surface area (TPSA) is 79.5 Å². The predicted molar refractivity (Wildman–Crippen MR) is 120 cm³/mol. The van der Waals surface area contributed by atoms with Gasteiger partial charge in [0.05, 0.1) is 18.8 Å². The summed E-state index contributed by atoms with van der Waals surface area (Å²) < 4.78 is 5.26. The molecule has 6 heteroatoms. The van der Waals surface area contributed by atoms with Crippen molar-refractivity contribution in [2.45, 2.75) is 51.6 Å². The summed E-state index contributed by atoms with van der Waals surface area (Å²) in [5.41, 5.74) is 1.78. The number of nitrogens with one attached hydrogen (secondary N) is 3. The first-order valence-corrected chi connectivity index (χ1v) is 10.6. The fourth-order valence-corrected chi connectivity index (χ4v) is 3.86. The van der Waals surface area contributed by atoms with Crippen molar-refractivity contribution in [3.63, 3.8) is 0 Å². The number of methoxy groups -OCH3 is 1. The zero-order valence-corrected chi connectivity index (χ0v) is 17.9. The molecule has 2 aromatic carbocycles. The van der Waals surface area contributed by atoms with Gasteiger partial charge in [0.2, 0.25) is 5.91 Å². The van der Waals surface area contributed by atoms with E-state index in [4.69, 9.17) is 4.74 Å². The largest absolute Gasteiger partial charge is 0.495 e. The second kappa shape index (κ2) is 10.3. The van der Waals surface area contributed by atoms with Gasteiger partial charge in [0.1, 0.15) is 5.75 Å². The number of rotatable bonds is 7. The fraction of sp³-hybridized carbons (Fsp3) is 0.417. The second-order valence-electron chi connectivity index (χ2n) is 7.98. The molecule has 0 radical (unpaired) electrons. The summed E-state index contributed by atoms with van der Waals surface area (Å²) in [7, 11) is 1.56. The van der Waals surface area contributed by atoms with E-state index in [-0.39, 0.29) is 17.9 Å². The van der Waals surface area contributed by atoms with E-state index < -0.39 is 0 Å². The van der Waals surface area contributed by atoms with Crippen LogP contribution in [0, 0.1) is 5.92 Å². The number of ether oxygens (including phenoxy) is 1. The third-order valence-electron chi connectivity index (χ3n) is 5.74. The molecule has 0 bridgehead atoms. The van der Waals surface area contributed by atoms with Crippen molar-refractivity contribution in [1.29, 1.82) is 0 Å². The Hall–Kier alpha value is -2.86. The molecule has 3 rings (SSSR count). The van der Waals surface area contributed by atoms with Crippen LogP contribution < -0.4 is 20.7 Å². The van der Waals surface area contributed by atoms with Gasteiger partial charge in [-0.3, -0.25) is 9.59 Å². The molecule has 3 N–H and O–H groups in total. The molecule has 3 atom stereocenters.